The zero-order valence-corrected chi connectivity index (χ0v) is 12.5. The Hall–Kier alpha value is -2.10. The molecular weight excluding hydrogens is 250 g/mol. The molecule has 0 aliphatic carbocycles. The van der Waals surface area contributed by atoms with Crippen molar-refractivity contribution < 1.29 is 4.74 Å². The zero-order chi connectivity index (χ0) is 14.5. The fourth-order valence-electron chi connectivity index (χ4n) is 2.06. The fraction of sp³-hybridized carbons (Fsp3) is 0.375. The Kier molecular flexibility index (Phi) is 4.56. The van der Waals surface area contributed by atoms with Crippen LogP contribution >= 0.6 is 0 Å². The lowest BCUT2D eigenvalue weighted by molar-refractivity contribution is 0.452. The number of nitrogens with zero attached hydrogens (tertiary/aromatic N) is 2. The topological polar surface area (TPSA) is 47.0 Å². The van der Waals surface area contributed by atoms with Gasteiger partial charge in [-0.1, -0.05) is 19.1 Å². The third-order valence-corrected chi connectivity index (χ3v) is 3.37. The first kappa shape index (κ1) is 14.3. The van der Waals surface area contributed by atoms with Crippen LogP contribution in [0.2, 0.25) is 0 Å². The number of hydrogen-bond donors (Lipinski definition) is 1. The summed E-state index contributed by atoms with van der Waals surface area (Å²) in [6, 6.07) is 6.04. The van der Waals surface area contributed by atoms with Gasteiger partial charge in [0.1, 0.15) is 17.9 Å². The summed E-state index contributed by atoms with van der Waals surface area (Å²) in [7, 11) is 0. The van der Waals surface area contributed by atoms with E-state index in [-0.39, 0.29) is 0 Å². The fourth-order valence-corrected chi connectivity index (χ4v) is 2.06. The molecule has 0 fully saturated rings. The number of benzene rings is 1. The summed E-state index contributed by atoms with van der Waals surface area (Å²) in [4.78, 5) is 8.56. The van der Waals surface area contributed by atoms with Gasteiger partial charge in [0.25, 0.3) is 0 Å². The number of aromatic nitrogens is 2. The van der Waals surface area contributed by atoms with E-state index in [4.69, 9.17) is 4.74 Å². The summed E-state index contributed by atoms with van der Waals surface area (Å²) >= 11 is 0. The average Bonchev–Trinajstić information content (AvgIpc) is 2.44. The smallest absolute Gasteiger partial charge is 0.227 e. The molecule has 0 aliphatic rings. The van der Waals surface area contributed by atoms with Gasteiger partial charge in [-0.2, -0.15) is 0 Å². The van der Waals surface area contributed by atoms with Crippen LogP contribution < -0.4 is 10.1 Å². The molecular formula is C16H21N3O. The minimum absolute atomic E-state index is 0.632. The number of rotatable bonds is 5. The van der Waals surface area contributed by atoms with Gasteiger partial charge < -0.3 is 10.1 Å². The second-order valence-corrected chi connectivity index (χ2v) is 4.69. The van der Waals surface area contributed by atoms with Crippen LogP contribution in [0.25, 0.3) is 0 Å². The first-order valence-corrected chi connectivity index (χ1v) is 6.99. The zero-order valence-electron chi connectivity index (χ0n) is 12.5. The predicted molar refractivity (Wildman–Crippen MR) is 81.6 cm³/mol. The van der Waals surface area contributed by atoms with Gasteiger partial charge in [-0.25, -0.2) is 9.97 Å². The number of anilines is 1. The van der Waals surface area contributed by atoms with Gasteiger partial charge in [0, 0.05) is 6.54 Å². The second-order valence-electron chi connectivity index (χ2n) is 4.69. The van der Waals surface area contributed by atoms with Crippen molar-refractivity contribution in [1.29, 1.82) is 0 Å². The summed E-state index contributed by atoms with van der Waals surface area (Å²) in [5.74, 6) is 2.33. The molecule has 4 nitrogen and oxygen atoms in total. The molecule has 2 rings (SSSR count). The van der Waals surface area contributed by atoms with Crippen LogP contribution in [0.4, 0.5) is 5.82 Å². The monoisotopic (exact) mass is 271 g/mol. The van der Waals surface area contributed by atoms with Crippen molar-refractivity contribution in [1.82, 2.24) is 9.97 Å². The van der Waals surface area contributed by atoms with Gasteiger partial charge in [-0.05, 0) is 44.4 Å². The maximum Gasteiger partial charge on any atom is 0.227 e. The lowest BCUT2D eigenvalue weighted by atomic mass is 10.1. The molecule has 0 radical (unpaired) electrons. The predicted octanol–water partition coefficient (Wildman–Crippen LogP) is 3.88. The van der Waals surface area contributed by atoms with Crippen molar-refractivity contribution in [3.8, 4) is 11.6 Å². The van der Waals surface area contributed by atoms with E-state index in [1.54, 1.807) is 0 Å². The second kappa shape index (κ2) is 6.37. The molecule has 1 aromatic heterocycles. The summed E-state index contributed by atoms with van der Waals surface area (Å²) in [5, 5.41) is 3.25. The highest BCUT2D eigenvalue weighted by atomic mass is 16.5. The van der Waals surface area contributed by atoms with Crippen molar-refractivity contribution in [2.45, 2.75) is 34.1 Å². The molecule has 0 bridgehead atoms. The lowest BCUT2D eigenvalue weighted by Gasteiger charge is -2.14. The maximum atomic E-state index is 6.01. The molecule has 0 spiro atoms. The van der Waals surface area contributed by atoms with Crippen molar-refractivity contribution >= 4 is 5.82 Å². The number of hydrogen-bond acceptors (Lipinski definition) is 4. The molecule has 0 unspecified atom stereocenters. The average molecular weight is 271 g/mol. The number of aryl methyl sites for hydroxylation is 1. The molecule has 20 heavy (non-hydrogen) atoms. The Morgan fingerprint density at radius 3 is 2.65 bits per heavy atom. The van der Waals surface area contributed by atoms with E-state index in [2.05, 4.69) is 42.1 Å². The summed E-state index contributed by atoms with van der Waals surface area (Å²) in [5.41, 5.74) is 3.36. The van der Waals surface area contributed by atoms with Gasteiger partial charge in [-0.15, -0.1) is 0 Å². The maximum absolute atomic E-state index is 6.01. The highest BCUT2D eigenvalue weighted by Crippen LogP contribution is 2.30. The van der Waals surface area contributed by atoms with Gasteiger partial charge >= 0.3 is 0 Å². The van der Waals surface area contributed by atoms with E-state index in [1.807, 2.05) is 19.1 Å². The van der Waals surface area contributed by atoms with E-state index < -0.39 is 0 Å². The van der Waals surface area contributed by atoms with Crippen molar-refractivity contribution in [3.63, 3.8) is 0 Å². The van der Waals surface area contributed by atoms with Crippen molar-refractivity contribution in [3.05, 3.63) is 41.2 Å². The molecule has 0 saturated carbocycles. The third kappa shape index (κ3) is 2.90. The molecule has 1 N–H and O–H groups in total. The molecule has 1 aromatic carbocycles. The molecule has 1 heterocycles. The molecule has 0 atom stereocenters. The Balaban J connectivity index is 2.38. The standard InChI is InChI=1S/C16H21N3O/c1-5-13-15(17-6-2)18-10-19-16(13)20-14-9-7-8-11(3)12(14)4/h7-10H,5-6H2,1-4H3,(H,17,18,19). The molecule has 0 aliphatic heterocycles. The number of ether oxygens (including phenoxy) is 1. The SMILES string of the molecule is CCNc1ncnc(Oc2cccc(C)c2C)c1CC. The van der Waals surface area contributed by atoms with Crippen LogP contribution in [0.15, 0.2) is 24.5 Å². The largest absolute Gasteiger partial charge is 0.438 e. The van der Waals surface area contributed by atoms with E-state index in [1.165, 1.54) is 11.9 Å². The van der Waals surface area contributed by atoms with Gasteiger partial charge in [0.15, 0.2) is 0 Å². The minimum Gasteiger partial charge on any atom is -0.438 e. The molecule has 0 amide bonds. The van der Waals surface area contributed by atoms with Crippen molar-refractivity contribution in [2.24, 2.45) is 0 Å². The third-order valence-electron chi connectivity index (χ3n) is 3.37. The highest BCUT2D eigenvalue weighted by Gasteiger charge is 2.12. The number of nitrogens with one attached hydrogen (secondary N) is 1. The van der Waals surface area contributed by atoms with Gasteiger partial charge in [0.05, 0.1) is 5.56 Å². The van der Waals surface area contributed by atoms with Crippen LogP contribution in [0, 0.1) is 13.8 Å². The van der Waals surface area contributed by atoms with Crippen LogP contribution in [0.1, 0.15) is 30.5 Å². The van der Waals surface area contributed by atoms with E-state index in [0.717, 1.165) is 35.7 Å². The highest BCUT2D eigenvalue weighted by molar-refractivity contribution is 5.50. The first-order chi connectivity index (χ1) is 9.67. The van der Waals surface area contributed by atoms with E-state index in [9.17, 15) is 0 Å². The quantitative estimate of drug-likeness (QED) is 0.896. The Bertz CT molecular complexity index is 596. The molecule has 4 heteroatoms. The molecule has 2 aromatic rings. The van der Waals surface area contributed by atoms with Crippen LogP contribution in [0.5, 0.6) is 11.6 Å². The lowest BCUT2D eigenvalue weighted by Crippen LogP contribution is -2.06. The Morgan fingerprint density at radius 1 is 1.15 bits per heavy atom. The van der Waals surface area contributed by atoms with Gasteiger partial charge in [0.2, 0.25) is 5.88 Å². The first-order valence-electron chi connectivity index (χ1n) is 6.99. The Morgan fingerprint density at radius 2 is 1.95 bits per heavy atom. The van der Waals surface area contributed by atoms with Crippen LogP contribution in [0.3, 0.4) is 0 Å². The summed E-state index contributed by atoms with van der Waals surface area (Å²) in [6.07, 6.45) is 2.36. The molecule has 0 saturated heterocycles. The minimum atomic E-state index is 0.632. The summed E-state index contributed by atoms with van der Waals surface area (Å²) < 4.78 is 6.01. The van der Waals surface area contributed by atoms with E-state index >= 15 is 0 Å². The van der Waals surface area contributed by atoms with Crippen molar-refractivity contribution in [2.75, 3.05) is 11.9 Å². The summed E-state index contributed by atoms with van der Waals surface area (Å²) in [6.45, 7) is 9.09. The van der Waals surface area contributed by atoms with Gasteiger partial charge in [-0.3, -0.25) is 0 Å². The van der Waals surface area contributed by atoms with E-state index in [0.29, 0.717) is 5.88 Å². The van der Waals surface area contributed by atoms with Crippen LogP contribution in [-0.2, 0) is 6.42 Å². The molecule has 106 valence electrons. The Labute approximate surface area is 120 Å². The van der Waals surface area contributed by atoms with Crippen LogP contribution in [-0.4, -0.2) is 16.5 Å². The normalized spacial score (nSPS) is 10.4.